The topological polar surface area (TPSA) is 86.5 Å². The van der Waals surface area contributed by atoms with E-state index in [-0.39, 0.29) is 24.5 Å². The summed E-state index contributed by atoms with van der Waals surface area (Å²) in [5.41, 5.74) is 2.19. The first-order valence-corrected chi connectivity index (χ1v) is 12.2. The maximum atomic E-state index is 13.5. The van der Waals surface area contributed by atoms with Gasteiger partial charge in [0, 0.05) is 18.9 Å². The Labute approximate surface area is 187 Å². The molecule has 2 aromatic heterocycles. The Morgan fingerprint density at radius 3 is 2.53 bits per heavy atom. The first-order valence-electron chi connectivity index (χ1n) is 10.6. The second kappa shape index (κ2) is 10.1. The zero-order chi connectivity index (χ0) is 22.4. The van der Waals surface area contributed by atoms with Gasteiger partial charge in [-0.3, -0.25) is 9.55 Å². The van der Waals surface area contributed by atoms with Crippen molar-refractivity contribution >= 4 is 29.7 Å². The highest BCUT2D eigenvalue weighted by Crippen LogP contribution is 2.48. The fraction of sp³-hybridized carbons (Fsp3) is 0.250. The maximum Gasteiger partial charge on any atom is 0.385 e. The Morgan fingerprint density at radius 2 is 1.78 bits per heavy atom. The molecule has 0 aliphatic rings. The van der Waals surface area contributed by atoms with Gasteiger partial charge in [-0.15, -0.1) is 0 Å². The molecular weight excluding hydrogens is 425 g/mol. The summed E-state index contributed by atoms with van der Waals surface area (Å²) in [4.78, 5) is 8.70. The van der Waals surface area contributed by atoms with Gasteiger partial charge < -0.3 is 18.8 Å². The second-order valence-corrected chi connectivity index (χ2v) is 9.06. The number of hydrogen-bond acceptors (Lipinski definition) is 7. The van der Waals surface area contributed by atoms with Crippen LogP contribution in [0.25, 0.3) is 10.8 Å². The molecule has 0 saturated heterocycles. The summed E-state index contributed by atoms with van der Waals surface area (Å²) in [7, 11) is -3.65. The van der Waals surface area contributed by atoms with Gasteiger partial charge in [0.05, 0.1) is 19.6 Å². The number of pyridine rings is 1. The molecule has 0 spiro atoms. The van der Waals surface area contributed by atoms with E-state index in [9.17, 15) is 4.57 Å². The van der Waals surface area contributed by atoms with Crippen LogP contribution in [0.3, 0.4) is 0 Å². The molecule has 4 aromatic rings. The molecule has 0 atom stereocenters. The molecule has 0 aliphatic heterocycles. The van der Waals surface area contributed by atoms with Crippen LogP contribution in [0, 0.1) is 0 Å². The first-order chi connectivity index (χ1) is 15.6. The quantitative estimate of drug-likeness (QED) is 0.327. The van der Waals surface area contributed by atoms with Gasteiger partial charge in [0.25, 0.3) is 0 Å². The maximum absolute atomic E-state index is 13.5. The van der Waals surface area contributed by atoms with Crippen molar-refractivity contribution in [2.24, 2.45) is 0 Å². The number of anilines is 1. The minimum absolute atomic E-state index is 0.167. The van der Waals surface area contributed by atoms with Crippen molar-refractivity contribution < 1.29 is 18.0 Å². The third-order valence-electron chi connectivity index (χ3n) is 4.91. The van der Waals surface area contributed by atoms with Crippen LogP contribution in [0.2, 0.25) is 0 Å². The third kappa shape index (κ3) is 4.91. The minimum Gasteiger partial charge on any atom is -0.424 e. The van der Waals surface area contributed by atoms with Crippen LogP contribution in [0.4, 0.5) is 5.88 Å². The van der Waals surface area contributed by atoms with Crippen LogP contribution in [-0.4, -0.2) is 23.2 Å². The molecule has 32 heavy (non-hydrogen) atoms. The Hall–Kier alpha value is -2.99. The van der Waals surface area contributed by atoms with E-state index >= 15 is 0 Å². The largest absolute Gasteiger partial charge is 0.424 e. The molecule has 166 valence electrons. The molecule has 0 amide bonds. The van der Waals surface area contributed by atoms with Crippen molar-refractivity contribution in [1.82, 2.24) is 9.97 Å². The van der Waals surface area contributed by atoms with Crippen LogP contribution in [-0.2, 0) is 26.6 Å². The number of nitrogens with zero attached hydrogens (tertiary/aromatic N) is 2. The van der Waals surface area contributed by atoms with E-state index in [0.29, 0.717) is 18.9 Å². The van der Waals surface area contributed by atoms with Gasteiger partial charge in [0.2, 0.25) is 17.2 Å². The summed E-state index contributed by atoms with van der Waals surface area (Å²) in [6.07, 6.45) is 3.91. The molecule has 0 fully saturated rings. The molecule has 0 unspecified atom stereocenters. The monoisotopic (exact) mass is 451 g/mol. The Morgan fingerprint density at radius 1 is 1.00 bits per heavy atom. The van der Waals surface area contributed by atoms with E-state index in [1.54, 1.807) is 26.2 Å². The van der Waals surface area contributed by atoms with Crippen LogP contribution in [0.5, 0.6) is 0 Å². The summed E-state index contributed by atoms with van der Waals surface area (Å²) in [6.45, 7) is 4.43. The number of oxazole rings is 1. The molecule has 0 radical (unpaired) electrons. The lowest BCUT2D eigenvalue weighted by molar-refractivity contribution is 0.229. The summed E-state index contributed by atoms with van der Waals surface area (Å²) in [5.74, 6) is 0.721. The highest BCUT2D eigenvalue weighted by atomic mass is 31.2. The zero-order valence-corrected chi connectivity index (χ0v) is 19.0. The highest BCUT2D eigenvalue weighted by Gasteiger charge is 2.35. The number of benzene rings is 2. The fourth-order valence-corrected chi connectivity index (χ4v) is 5.13. The van der Waals surface area contributed by atoms with Crippen molar-refractivity contribution in [3.63, 3.8) is 0 Å². The van der Waals surface area contributed by atoms with Gasteiger partial charge in [0.1, 0.15) is 0 Å². The van der Waals surface area contributed by atoms with Crippen molar-refractivity contribution in [3.8, 4) is 0 Å². The molecule has 0 aliphatic carbocycles. The second-order valence-electron chi connectivity index (χ2n) is 7.12. The Bertz CT molecular complexity index is 1210. The number of hydrogen-bond donors (Lipinski definition) is 1. The van der Waals surface area contributed by atoms with Gasteiger partial charge in [-0.1, -0.05) is 48.5 Å². The van der Waals surface area contributed by atoms with E-state index in [1.165, 1.54) is 0 Å². The van der Waals surface area contributed by atoms with E-state index in [1.807, 2.05) is 36.4 Å². The number of fused-ring (bicyclic) bond motifs is 1. The molecule has 1 N–H and O–H groups in total. The smallest absolute Gasteiger partial charge is 0.385 e. The SMILES string of the molecule is CCOP(=O)(OCC)c1nc(Cc2cccc3ccccc23)oc1NCc1cccnc1. The normalized spacial score (nSPS) is 11.7. The molecule has 0 bridgehead atoms. The summed E-state index contributed by atoms with van der Waals surface area (Å²) < 4.78 is 30.6. The van der Waals surface area contributed by atoms with Gasteiger partial charge >= 0.3 is 7.60 Å². The van der Waals surface area contributed by atoms with Crippen molar-refractivity contribution in [1.29, 1.82) is 0 Å². The van der Waals surface area contributed by atoms with Crippen molar-refractivity contribution in [3.05, 3.63) is 84.0 Å². The third-order valence-corrected chi connectivity index (χ3v) is 6.93. The van der Waals surface area contributed by atoms with Gasteiger partial charge in [0.15, 0.2) is 0 Å². The number of rotatable bonds is 10. The van der Waals surface area contributed by atoms with Gasteiger partial charge in [-0.05, 0) is 41.8 Å². The van der Waals surface area contributed by atoms with Gasteiger partial charge in [-0.25, -0.2) is 4.98 Å². The molecule has 2 heterocycles. The lowest BCUT2D eigenvalue weighted by Crippen LogP contribution is -2.16. The number of nitrogens with one attached hydrogen (secondary N) is 1. The highest BCUT2D eigenvalue weighted by molar-refractivity contribution is 7.62. The van der Waals surface area contributed by atoms with Crippen LogP contribution in [0.1, 0.15) is 30.9 Å². The summed E-state index contributed by atoms with van der Waals surface area (Å²) in [5, 5.41) is 5.46. The van der Waals surface area contributed by atoms with E-state index in [4.69, 9.17) is 13.5 Å². The minimum atomic E-state index is -3.65. The Balaban J connectivity index is 1.70. The predicted molar refractivity (Wildman–Crippen MR) is 125 cm³/mol. The lowest BCUT2D eigenvalue weighted by atomic mass is 10.0. The van der Waals surface area contributed by atoms with Gasteiger partial charge in [-0.2, -0.15) is 0 Å². The average molecular weight is 451 g/mol. The number of aromatic nitrogens is 2. The zero-order valence-electron chi connectivity index (χ0n) is 18.2. The summed E-state index contributed by atoms with van der Waals surface area (Å²) in [6, 6.07) is 18.1. The molecular formula is C24H26N3O4P. The molecule has 2 aromatic carbocycles. The lowest BCUT2D eigenvalue weighted by Gasteiger charge is -2.15. The van der Waals surface area contributed by atoms with E-state index in [0.717, 1.165) is 21.9 Å². The van der Waals surface area contributed by atoms with Crippen LogP contribution >= 0.6 is 7.60 Å². The predicted octanol–water partition coefficient (Wildman–Crippen LogP) is 5.32. The molecule has 7 nitrogen and oxygen atoms in total. The average Bonchev–Trinajstić information content (AvgIpc) is 3.22. The first kappa shape index (κ1) is 22.2. The standard InChI is InChI=1S/C24H26N3O4P/c1-3-29-32(28,30-4-2)24-23(26-17-18-9-8-14-25-16-18)31-22(27-24)15-20-12-7-11-19-10-5-6-13-21(19)20/h5-14,16,26H,3-4,15,17H2,1-2H3. The Kier molecular flexibility index (Phi) is 7.00. The van der Waals surface area contributed by atoms with E-state index in [2.05, 4.69) is 33.5 Å². The fourth-order valence-electron chi connectivity index (χ4n) is 3.53. The van der Waals surface area contributed by atoms with E-state index < -0.39 is 7.60 Å². The molecule has 8 heteroatoms. The summed E-state index contributed by atoms with van der Waals surface area (Å²) >= 11 is 0. The molecule has 4 rings (SSSR count). The van der Waals surface area contributed by atoms with Crippen molar-refractivity contribution in [2.45, 2.75) is 26.8 Å². The molecule has 0 saturated carbocycles. The van der Waals surface area contributed by atoms with Crippen LogP contribution in [0.15, 0.2) is 71.4 Å². The van der Waals surface area contributed by atoms with Crippen LogP contribution < -0.4 is 10.8 Å². The van der Waals surface area contributed by atoms with Crippen molar-refractivity contribution in [2.75, 3.05) is 18.5 Å².